The Morgan fingerprint density at radius 2 is 2.32 bits per heavy atom. The van der Waals surface area contributed by atoms with Gasteiger partial charge >= 0.3 is 6.09 Å². The van der Waals surface area contributed by atoms with Crippen LogP contribution in [0.4, 0.5) is 16.2 Å². The average molecular weight is 306 g/mol. The number of hydrogen-bond acceptors (Lipinski definition) is 5. The van der Waals surface area contributed by atoms with Crippen LogP contribution in [-0.2, 0) is 4.74 Å². The van der Waals surface area contributed by atoms with Crippen LogP contribution in [0.2, 0.25) is 0 Å². The number of amides is 1. The molecule has 122 valence electrons. The molecule has 1 aromatic rings. The predicted molar refractivity (Wildman–Crippen MR) is 87.7 cm³/mol. The van der Waals surface area contributed by atoms with Gasteiger partial charge in [0.15, 0.2) is 0 Å². The fourth-order valence-electron chi connectivity index (χ4n) is 2.55. The molecule has 1 atom stereocenters. The second-order valence-corrected chi connectivity index (χ2v) is 6.78. The molecule has 6 heteroatoms. The molecule has 0 spiro atoms. The summed E-state index contributed by atoms with van der Waals surface area (Å²) in [6, 6.07) is 1.86. The van der Waals surface area contributed by atoms with Crippen LogP contribution < -0.4 is 11.1 Å². The lowest BCUT2D eigenvalue weighted by atomic mass is 9.98. The Hall–Kier alpha value is -1.98. The Kier molecular flexibility index (Phi) is 5.11. The van der Waals surface area contributed by atoms with Crippen LogP contribution in [-0.4, -0.2) is 41.2 Å². The SMILES string of the molecule is CC(C)(C)OC(=O)N1CCCC(CNc2ccncc2N)C1. The molecule has 1 fully saturated rings. The Labute approximate surface area is 132 Å². The van der Waals surface area contributed by atoms with Crippen molar-refractivity contribution in [1.82, 2.24) is 9.88 Å². The minimum absolute atomic E-state index is 0.222. The molecule has 0 bridgehead atoms. The van der Waals surface area contributed by atoms with Gasteiger partial charge in [0.2, 0.25) is 0 Å². The molecular weight excluding hydrogens is 280 g/mol. The van der Waals surface area contributed by atoms with E-state index < -0.39 is 5.60 Å². The first-order valence-corrected chi connectivity index (χ1v) is 7.76. The largest absolute Gasteiger partial charge is 0.444 e. The second-order valence-electron chi connectivity index (χ2n) is 6.78. The number of likely N-dealkylation sites (tertiary alicyclic amines) is 1. The van der Waals surface area contributed by atoms with E-state index in [1.165, 1.54) is 0 Å². The molecule has 1 aliphatic heterocycles. The molecule has 0 radical (unpaired) electrons. The van der Waals surface area contributed by atoms with Gasteiger partial charge in [-0.3, -0.25) is 4.98 Å². The van der Waals surface area contributed by atoms with Crippen molar-refractivity contribution in [3.8, 4) is 0 Å². The highest BCUT2D eigenvalue weighted by atomic mass is 16.6. The van der Waals surface area contributed by atoms with Crippen molar-refractivity contribution in [2.75, 3.05) is 30.7 Å². The van der Waals surface area contributed by atoms with E-state index in [2.05, 4.69) is 10.3 Å². The summed E-state index contributed by atoms with van der Waals surface area (Å²) in [6.45, 7) is 7.93. The van der Waals surface area contributed by atoms with Crippen molar-refractivity contribution in [2.24, 2.45) is 5.92 Å². The fraction of sp³-hybridized carbons (Fsp3) is 0.625. The number of nitrogen functional groups attached to an aromatic ring is 1. The number of rotatable bonds is 3. The Morgan fingerprint density at radius 3 is 3.00 bits per heavy atom. The number of pyridine rings is 1. The molecule has 0 aromatic carbocycles. The summed E-state index contributed by atoms with van der Waals surface area (Å²) < 4.78 is 5.45. The van der Waals surface area contributed by atoms with Gasteiger partial charge in [-0.1, -0.05) is 0 Å². The molecule has 0 saturated carbocycles. The van der Waals surface area contributed by atoms with Crippen molar-refractivity contribution in [1.29, 1.82) is 0 Å². The highest BCUT2D eigenvalue weighted by molar-refractivity contribution is 5.68. The molecular formula is C16H26N4O2. The van der Waals surface area contributed by atoms with E-state index in [1.54, 1.807) is 17.3 Å². The minimum Gasteiger partial charge on any atom is -0.444 e. The number of carbonyl (C=O) groups is 1. The monoisotopic (exact) mass is 306 g/mol. The van der Waals surface area contributed by atoms with Gasteiger partial charge in [0.25, 0.3) is 0 Å². The first-order chi connectivity index (χ1) is 10.3. The van der Waals surface area contributed by atoms with Crippen LogP contribution in [0.25, 0.3) is 0 Å². The molecule has 1 aromatic heterocycles. The summed E-state index contributed by atoms with van der Waals surface area (Å²) in [4.78, 5) is 17.9. The Bertz CT molecular complexity index is 513. The summed E-state index contributed by atoms with van der Waals surface area (Å²) >= 11 is 0. The molecule has 1 unspecified atom stereocenters. The summed E-state index contributed by atoms with van der Waals surface area (Å²) in [5.41, 5.74) is 6.95. The third-order valence-corrected chi connectivity index (χ3v) is 3.60. The number of aromatic nitrogens is 1. The van der Waals surface area contributed by atoms with E-state index in [-0.39, 0.29) is 6.09 Å². The number of nitrogens with zero attached hydrogens (tertiary/aromatic N) is 2. The van der Waals surface area contributed by atoms with E-state index >= 15 is 0 Å². The number of hydrogen-bond donors (Lipinski definition) is 2. The van der Waals surface area contributed by atoms with Gasteiger partial charge in [-0.2, -0.15) is 0 Å². The first kappa shape index (κ1) is 16.4. The number of ether oxygens (including phenoxy) is 1. The average Bonchev–Trinajstić information content (AvgIpc) is 2.45. The molecule has 6 nitrogen and oxygen atoms in total. The van der Waals surface area contributed by atoms with E-state index in [9.17, 15) is 4.79 Å². The van der Waals surface area contributed by atoms with Gasteiger partial charge in [-0.25, -0.2) is 4.79 Å². The van der Waals surface area contributed by atoms with Gasteiger partial charge in [0, 0.05) is 25.8 Å². The molecule has 22 heavy (non-hydrogen) atoms. The molecule has 2 heterocycles. The zero-order valence-corrected chi connectivity index (χ0v) is 13.6. The van der Waals surface area contributed by atoms with E-state index in [0.717, 1.165) is 31.6 Å². The maximum absolute atomic E-state index is 12.1. The van der Waals surface area contributed by atoms with Gasteiger partial charge in [0.1, 0.15) is 5.60 Å². The normalized spacial score (nSPS) is 18.9. The van der Waals surface area contributed by atoms with Crippen molar-refractivity contribution in [3.63, 3.8) is 0 Å². The zero-order valence-electron chi connectivity index (χ0n) is 13.6. The fourth-order valence-corrected chi connectivity index (χ4v) is 2.55. The highest BCUT2D eigenvalue weighted by Gasteiger charge is 2.27. The quantitative estimate of drug-likeness (QED) is 0.897. The van der Waals surface area contributed by atoms with Crippen LogP contribution in [0.15, 0.2) is 18.5 Å². The maximum atomic E-state index is 12.1. The topological polar surface area (TPSA) is 80.5 Å². The van der Waals surface area contributed by atoms with Crippen LogP contribution in [0.1, 0.15) is 33.6 Å². The van der Waals surface area contributed by atoms with Gasteiger partial charge in [-0.05, 0) is 45.6 Å². The molecule has 0 aliphatic carbocycles. The van der Waals surface area contributed by atoms with E-state index in [0.29, 0.717) is 18.2 Å². The minimum atomic E-state index is -0.451. The number of piperidine rings is 1. The van der Waals surface area contributed by atoms with Crippen LogP contribution >= 0.6 is 0 Å². The molecule has 2 rings (SSSR count). The lowest BCUT2D eigenvalue weighted by Crippen LogP contribution is -2.44. The van der Waals surface area contributed by atoms with Crippen LogP contribution in [0.5, 0.6) is 0 Å². The Morgan fingerprint density at radius 1 is 1.55 bits per heavy atom. The highest BCUT2D eigenvalue weighted by Crippen LogP contribution is 2.21. The molecule has 3 N–H and O–H groups in total. The van der Waals surface area contributed by atoms with Crippen molar-refractivity contribution < 1.29 is 9.53 Å². The predicted octanol–water partition coefficient (Wildman–Crippen LogP) is 2.72. The summed E-state index contributed by atoms with van der Waals surface area (Å²) in [5, 5.41) is 3.35. The van der Waals surface area contributed by atoms with Crippen molar-refractivity contribution >= 4 is 17.5 Å². The maximum Gasteiger partial charge on any atom is 0.410 e. The van der Waals surface area contributed by atoms with Gasteiger partial charge in [0.05, 0.1) is 17.6 Å². The second kappa shape index (κ2) is 6.85. The Balaban J connectivity index is 1.86. The number of carbonyl (C=O) groups excluding carboxylic acids is 1. The summed E-state index contributed by atoms with van der Waals surface area (Å²) in [5.74, 6) is 0.397. The smallest absolute Gasteiger partial charge is 0.410 e. The van der Waals surface area contributed by atoms with Crippen molar-refractivity contribution in [2.45, 2.75) is 39.2 Å². The van der Waals surface area contributed by atoms with E-state index in [1.807, 2.05) is 26.8 Å². The zero-order chi connectivity index (χ0) is 16.2. The van der Waals surface area contributed by atoms with Crippen LogP contribution in [0.3, 0.4) is 0 Å². The third kappa shape index (κ3) is 4.79. The standard InChI is InChI=1S/C16H26N4O2/c1-16(2,3)22-15(21)20-8-4-5-12(11-20)9-19-14-6-7-18-10-13(14)17/h6-7,10,12H,4-5,8-9,11,17H2,1-3H3,(H,18,19). The number of anilines is 2. The molecule has 1 aliphatic rings. The lowest BCUT2D eigenvalue weighted by molar-refractivity contribution is 0.0172. The van der Waals surface area contributed by atoms with Gasteiger partial charge < -0.3 is 20.7 Å². The number of nitrogens with two attached hydrogens (primary N) is 1. The molecule has 1 amide bonds. The van der Waals surface area contributed by atoms with Gasteiger partial charge in [-0.15, -0.1) is 0 Å². The van der Waals surface area contributed by atoms with Crippen LogP contribution in [0, 0.1) is 5.92 Å². The first-order valence-electron chi connectivity index (χ1n) is 7.76. The number of nitrogens with one attached hydrogen (secondary N) is 1. The summed E-state index contributed by atoms with van der Waals surface area (Å²) in [6.07, 6.45) is 5.22. The van der Waals surface area contributed by atoms with Crippen molar-refractivity contribution in [3.05, 3.63) is 18.5 Å². The molecule has 1 saturated heterocycles. The summed E-state index contributed by atoms with van der Waals surface area (Å²) in [7, 11) is 0. The van der Waals surface area contributed by atoms with E-state index in [4.69, 9.17) is 10.5 Å². The third-order valence-electron chi connectivity index (χ3n) is 3.60. The lowest BCUT2D eigenvalue weighted by Gasteiger charge is -2.34.